The van der Waals surface area contributed by atoms with Crippen molar-refractivity contribution in [1.82, 2.24) is 9.88 Å². The summed E-state index contributed by atoms with van der Waals surface area (Å²) in [6.07, 6.45) is 2.05. The van der Waals surface area contributed by atoms with Gasteiger partial charge in [0.2, 0.25) is 5.95 Å². The number of aromatic nitrogens is 1. The van der Waals surface area contributed by atoms with Gasteiger partial charge in [-0.15, -0.1) is 0 Å². The van der Waals surface area contributed by atoms with Crippen LogP contribution < -0.4 is 9.62 Å². The number of benzene rings is 1. The maximum Gasteiger partial charge on any atom is 0.268 e. The Morgan fingerprint density at radius 1 is 1.21 bits per heavy atom. The van der Waals surface area contributed by atoms with Gasteiger partial charge in [0.25, 0.3) is 10.0 Å². The molecule has 2 atom stereocenters. The van der Waals surface area contributed by atoms with E-state index in [0.717, 1.165) is 44.0 Å². The van der Waals surface area contributed by atoms with Crippen LogP contribution in [0.25, 0.3) is 0 Å². The van der Waals surface area contributed by atoms with Crippen molar-refractivity contribution in [3.8, 4) is 0 Å². The second kappa shape index (κ2) is 8.53. The molecule has 3 heterocycles. The van der Waals surface area contributed by atoms with Crippen LogP contribution in [-0.4, -0.2) is 57.2 Å². The molecule has 0 radical (unpaired) electrons. The normalized spacial score (nSPS) is 25.4. The van der Waals surface area contributed by atoms with Crippen molar-refractivity contribution in [3.63, 3.8) is 0 Å². The van der Waals surface area contributed by atoms with Crippen LogP contribution in [0.2, 0.25) is 5.02 Å². The first-order valence-electron chi connectivity index (χ1n) is 11.0. The van der Waals surface area contributed by atoms with Crippen LogP contribution in [0.15, 0.2) is 29.2 Å². The third-order valence-corrected chi connectivity index (χ3v) is 9.04. The van der Waals surface area contributed by atoms with E-state index in [2.05, 4.69) is 9.88 Å². The predicted octanol–water partition coefficient (Wildman–Crippen LogP) is 4.21. The van der Waals surface area contributed by atoms with Gasteiger partial charge in [-0.1, -0.05) is 17.7 Å². The molecule has 3 aliphatic rings. The van der Waals surface area contributed by atoms with Gasteiger partial charge in [0.15, 0.2) is 10.7 Å². The van der Waals surface area contributed by atoms with Crippen molar-refractivity contribution in [2.45, 2.75) is 30.3 Å². The Balaban J connectivity index is 1.36. The molecule has 1 aliphatic carbocycles. The minimum Gasteiger partial charge on any atom is -0.370 e. The number of pyridine rings is 1. The number of hydrogen-bond donors (Lipinski definition) is 1. The molecule has 2 aromatic rings. The van der Waals surface area contributed by atoms with Gasteiger partial charge >= 0.3 is 0 Å². The zero-order valence-electron chi connectivity index (χ0n) is 18.1. The zero-order chi connectivity index (χ0) is 24.3. The molecule has 0 bridgehead atoms. The summed E-state index contributed by atoms with van der Waals surface area (Å²) in [6.45, 7) is 2.78. The largest absolute Gasteiger partial charge is 0.370 e. The molecule has 0 amide bonds. The van der Waals surface area contributed by atoms with Crippen molar-refractivity contribution in [3.05, 3.63) is 46.9 Å². The molecule has 0 unspecified atom stereocenters. The minimum absolute atomic E-state index is 0.0208. The van der Waals surface area contributed by atoms with Crippen molar-refractivity contribution in [2.75, 3.05) is 42.3 Å². The predicted molar refractivity (Wildman–Crippen MR) is 120 cm³/mol. The highest BCUT2D eigenvalue weighted by atomic mass is 35.5. The van der Waals surface area contributed by atoms with Gasteiger partial charge in [-0.25, -0.2) is 26.6 Å². The summed E-state index contributed by atoms with van der Waals surface area (Å²) in [5.41, 5.74) is 0.0716. The molecule has 5 rings (SSSR count). The summed E-state index contributed by atoms with van der Waals surface area (Å²) in [5.74, 6) is -3.72. The Morgan fingerprint density at radius 3 is 2.62 bits per heavy atom. The lowest BCUT2D eigenvalue weighted by molar-refractivity contribution is -0.0212. The van der Waals surface area contributed by atoms with E-state index in [4.69, 9.17) is 11.6 Å². The Hall–Kier alpha value is -2.11. The minimum atomic E-state index is -4.76. The van der Waals surface area contributed by atoms with Gasteiger partial charge in [-0.2, -0.15) is 4.39 Å². The highest BCUT2D eigenvalue weighted by molar-refractivity contribution is 7.92. The third kappa shape index (κ3) is 4.11. The van der Waals surface area contributed by atoms with Crippen LogP contribution in [0.1, 0.15) is 19.3 Å². The molecular weight excluding hydrogens is 496 g/mol. The number of alkyl halides is 1. The second-order valence-electron chi connectivity index (χ2n) is 9.37. The van der Waals surface area contributed by atoms with Crippen LogP contribution >= 0.6 is 11.6 Å². The fourth-order valence-electron chi connectivity index (χ4n) is 5.34. The Labute approximate surface area is 200 Å². The molecule has 2 saturated heterocycles. The molecule has 34 heavy (non-hydrogen) atoms. The summed E-state index contributed by atoms with van der Waals surface area (Å²) < 4.78 is 83.7. The molecule has 2 aliphatic heterocycles. The van der Waals surface area contributed by atoms with Crippen molar-refractivity contribution in [1.29, 1.82) is 0 Å². The fourth-order valence-corrected chi connectivity index (χ4v) is 6.81. The van der Waals surface area contributed by atoms with Crippen molar-refractivity contribution in [2.24, 2.45) is 11.3 Å². The summed E-state index contributed by atoms with van der Waals surface area (Å²) in [4.78, 5) is 5.98. The average Bonchev–Trinajstić information content (AvgIpc) is 3.19. The van der Waals surface area contributed by atoms with E-state index < -0.39 is 49.5 Å². The lowest BCUT2D eigenvalue weighted by Crippen LogP contribution is -2.55. The number of halogens is 5. The first-order valence-corrected chi connectivity index (χ1v) is 12.9. The number of anilines is 2. The topological polar surface area (TPSA) is 65.5 Å². The van der Waals surface area contributed by atoms with Gasteiger partial charge < -0.3 is 4.90 Å². The van der Waals surface area contributed by atoms with Crippen LogP contribution in [0.4, 0.5) is 29.1 Å². The monoisotopic (exact) mass is 518 g/mol. The van der Waals surface area contributed by atoms with Crippen LogP contribution in [0.5, 0.6) is 0 Å². The summed E-state index contributed by atoms with van der Waals surface area (Å²) in [5, 5.41) is -0.495. The lowest BCUT2D eigenvalue weighted by Gasteiger charge is -2.51. The van der Waals surface area contributed by atoms with Crippen LogP contribution in [0.3, 0.4) is 0 Å². The fraction of sp³-hybridized carbons (Fsp3) is 0.500. The van der Waals surface area contributed by atoms with Crippen LogP contribution in [0, 0.1) is 28.9 Å². The van der Waals surface area contributed by atoms with Crippen molar-refractivity contribution < 1.29 is 26.0 Å². The van der Waals surface area contributed by atoms with Gasteiger partial charge in [0, 0.05) is 38.8 Å². The Kier molecular flexibility index (Phi) is 5.92. The van der Waals surface area contributed by atoms with E-state index >= 15 is 4.39 Å². The molecule has 12 heteroatoms. The van der Waals surface area contributed by atoms with Gasteiger partial charge in [-0.05, 0) is 42.7 Å². The Morgan fingerprint density at radius 2 is 1.97 bits per heavy atom. The van der Waals surface area contributed by atoms with E-state index in [1.807, 2.05) is 4.72 Å². The Bertz CT molecular complexity index is 1230. The van der Waals surface area contributed by atoms with Crippen LogP contribution in [-0.2, 0) is 10.0 Å². The first-order chi connectivity index (χ1) is 16.1. The quantitative estimate of drug-likeness (QED) is 0.352. The van der Waals surface area contributed by atoms with E-state index in [1.54, 1.807) is 4.90 Å². The number of rotatable bonds is 6. The summed E-state index contributed by atoms with van der Waals surface area (Å²) >= 11 is 6.21. The molecule has 1 N–H and O–H groups in total. The smallest absolute Gasteiger partial charge is 0.268 e. The van der Waals surface area contributed by atoms with E-state index in [0.29, 0.717) is 32.1 Å². The average molecular weight is 519 g/mol. The standard InChI is InChI=1S/C22H23ClF4N4O2S/c23-19-16(31-7-6-22(12-31)5-4-13(22)9-30-10-14(24)11-30)8-15(25)21(20(19)27)34(32,33)29-18-3-1-2-17(26)28-18/h1-3,8,13-14H,4-7,9-12H2,(H,28,29)/t13-,22+/m1/s1. The highest BCUT2D eigenvalue weighted by Crippen LogP contribution is 2.54. The molecule has 6 nitrogen and oxygen atoms in total. The number of sulfonamides is 1. The molecule has 1 aromatic carbocycles. The summed E-state index contributed by atoms with van der Waals surface area (Å²) in [7, 11) is -4.76. The number of nitrogens with zero attached hydrogens (tertiary/aromatic N) is 3. The molecule has 3 fully saturated rings. The summed E-state index contributed by atoms with van der Waals surface area (Å²) in [6, 6.07) is 4.28. The van der Waals surface area contributed by atoms with Gasteiger partial charge in [0.05, 0.1) is 5.69 Å². The molecule has 184 valence electrons. The SMILES string of the molecule is O=S(=O)(Nc1cccc(F)n1)c1c(F)cc(N2CC[C@@]3(CC[C@@H]3CN3CC(F)C3)C2)c(Cl)c1F. The molecule has 1 saturated carbocycles. The maximum absolute atomic E-state index is 15.1. The molecule has 1 spiro atoms. The van der Waals surface area contributed by atoms with E-state index in [1.165, 1.54) is 6.07 Å². The van der Waals surface area contributed by atoms with E-state index in [-0.39, 0.29) is 11.1 Å². The van der Waals surface area contributed by atoms with Gasteiger partial charge in [0.1, 0.15) is 22.8 Å². The zero-order valence-corrected chi connectivity index (χ0v) is 19.6. The molecule has 1 aromatic heterocycles. The highest BCUT2D eigenvalue weighted by Gasteiger charge is 2.52. The number of likely N-dealkylation sites (tertiary alicyclic amines) is 1. The third-order valence-electron chi connectivity index (χ3n) is 7.29. The molecular formula is C22H23ClF4N4O2S. The van der Waals surface area contributed by atoms with Gasteiger partial charge in [-0.3, -0.25) is 9.62 Å². The first kappa shape index (κ1) is 23.6. The number of hydrogen-bond acceptors (Lipinski definition) is 5. The lowest BCUT2D eigenvalue weighted by atomic mass is 9.59. The second-order valence-corrected chi connectivity index (χ2v) is 11.4. The van der Waals surface area contributed by atoms with E-state index in [9.17, 15) is 21.6 Å². The maximum atomic E-state index is 15.1. The van der Waals surface area contributed by atoms with Crippen molar-refractivity contribution >= 4 is 33.1 Å². The number of nitrogens with one attached hydrogen (secondary N) is 1.